The van der Waals surface area contributed by atoms with E-state index in [9.17, 15) is 29.7 Å². The predicted octanol–water partition coefficient (Wildman–Crippen LogP) is 4.06. The highest BCUT2D eigenvalue weighted by atomic mass is 35.5. The highest BCUT2D eigenvalue weighted by molar-refractivity contribution is 7.98. The van der Waals surface area contributed by atoms with Crippen LogP contribution in [0.3, 0.4) is 0 Å². The van der Waals surface area contributed by atoms with Crippen LogP contribution < -0.4 is 32.6 Å². The molecule has 17 nitrogen and oxygen atoms in total. The first kappa shape index (κ1) is 49.5. The van der Waals surface area contributed by atoms with Crippen molar-refractivity contribution in [3.63, 3.8) is 0 Å². The van der Waals surface area contributed by atoms with Gasteiger partial charge in [-0.15, -0.1) is 24.8 Å². The van der Waals surface area contributed by atoms with Crippen molar-refractivity contribution in [3.05, 3.63) is 76.6 Å². The van der Waals surface area contributed by atoms with Gasteiger partial charge in [-0.05, 0) is 69.7 Å². The average molecular weight is 891 g/mol. The number of thioether (sulfide) groups is 1. The van der Waals surface area contributed by atoms with Gasteiger partial charge in [0.15, 0.2) is 6.10 Å². The van der Waals surface area contributed by atoms with Crippen LogP contribution >= 0.6 is 48.2 Å². The Morgan fingerprint density at radius 3 is 1.95 bits per heavy atom. The van der Waals surface area contributed by atoms with E-state index < -0.39 is 60.6 Å². The summed E-state index contributed by atoms with van der Waals surface area (Å²) in [5, 5.41) is 26.0. The summed E-state index contributed by atoms with van der Waals surface area (Å²) in [7, 11) is 0. The molecule has 0 unspecified atom stereocenters. The van der Waals surface area contributed by atoms with E-state index in [1.807, 2.05) is 6.07 Å². The van der Waals surface area contributed by atoms with Gasteiger partial charge >= 0.3 is 11.9 Å². The molecule has 4 rings (SSSR count). The highest BCUT2D eigenvalue weighted by Crippen LogP contribution is 2.37. The summed E-state index contributed by atoms with van der Waals surface area (Å²) >= 11 is 7.18. The van der Waals surface area contributed by atoms with Crippen LogP contribution in [0.15, 0.2) is 64.2 Å². The molecule has 0 fully saturated rings. The lowest BCUT2D eigenvalue weighted by Gasteiger charge is -2.22. The third-order valence-electron chi connectivity index (χ3n) is 7.94. The van der Waals surface area contributed by atoms with Crippen molar-refractivity contribution in [2.24, 2.45) is 11.5 Å². The van der Waals surface area contributed by atoms with Crippen molar-refractivity contribution in [1.82, 2.24) is 20.6 Å². The molecule has 0 aliphatic rings. The number of nitrogens with one attached hydrogen (secondary N) is 2. The number of aromatic nitrogens is 2. The van der Waals surface area contributed by atoms with E-state index >= 15 is 0 Å². The molecule has 314 valence electrons. The number of pyridine rings is 1. The fourth-order valence-electron chi connectivity index (χ4n) is 4.83. The van der Waals surface area contributed by atoms with Gasteiger partial charge in [0.05, 0.1) is 23.3 Å². The van der Waals surface area contributed by atoms with Crippen LogP contribution in [-0.4, -0.2) is 77.2 Å². The second-order valence-corrected chi connectivity index (χ2v) is 14.1. The van der Waals surface area contributed by atoms with E-state index in [1.165, 1.54) is 45.7 Å². The number of halogens is 3. The topological polar surface area (TPSA) is 285 Å². The number of hydrogen-bond acceptors (Lipinski definition) is 16. The molecule has 2 amide bonds. The molecule has 2 aromatic carbocycles. The second kappa shape index (κ2) is 23.1. The standard InChI is InChI=1S/C38H40ClN9O8S.2ClH/c1-19(42)33(49)45-21(3)37(51)55-17-28(56-38(52)22(4)46-34(50)20(2)43)16-53-27-11-7-23(8-12-27)31-29(13-40)32(44)48-36(30(31)14-41)57-18-26-15-54-35(47-26)24-5-9-25(39)10-6-24;;/h5-12,15,19-22,28H,16-18,42-43H2,1-4H3,(H2,44,48)(H,45,49)(H,46,50);2*1H/t19-,20-,21-,22-,28+;;/m1../s1. The van der Waals surface area contributed by atoms with Crippen molar-refractivity contribution in [3.8, 4) is 40.5 Å². The van der Waals surface area contributed by atoms with E-state index in [4.69, 9.17) is 47.4 Å². The van der Waals surface area contributed by atoms with Crippen LogP contribution in [0.4, 0.5) is 5.82 Å². The van der Waals surface area contributed by atoms with Gasteiger partial charge in [0, 0.05) is 21.9 Å². The number of rotatable bonds is 17. The van der Waals surface area contributed by atoms with Crippen molar-refractivity contribution in [1.29, 1.82) is 10.5 Å². The Kier molecular flexibility index (Phi) is 19.4. The average Bonchev–Trinajstić information content (AvgIpc) is 3.66. The lowest BCUT2D eigenvalue weighted by atomic mass is 9.97. The van der Waals surface area contributed by atoms with Gasteiger partial charge in [-0.25, -0.2) is 19.6 Å². The number of nitrogens with zero attached hydrogens (tertiary/aromatic N) is 4. The van der Waals surface area contributed by atoms with Gasteiger partial charge in [-0.1, -0.05) is 35.5 Å². The molecule has 0 radical (unpaired) electrons. The van der Waals surface area contributed by atoms with Gasteiger partial charge in [0.2, 0.25) is 17.7 Å². The summed E-state index contributed by atoms with van der Waals surface area (Å²) in [4.78, 5) is 58.3. The minimum atomic E-state index is -1.17. The Bertz CT molecular complexity index is 2180. The zero-order valence-corrected chi connectivity index (χ0v) is 35.3. The van der Waals surface area contributed by atoms with Gasteiger partial charge in [-0.2, -0.15) is 10.5 Å². The summed E-state index contributed by atoms with van der Waals surface area (Å²) in [6, 6.07) is 13.6. The zero-order valence-electron chi connectivity index (χ0n) is 32.1. The number of ether oxygens (including phenoxy) is 3. The fraction of sp³-hybridized carbons (Fsp3) is 0.316. The van der Waals surface area contributed by atoms with Crippen LogP contribution in [0.2, 0.25) is 5.02 Å². The molecule has 2 heterocycles. The molecule has 21 heteroatoms. The van der Waals surface area contributed by atoms with Crippen molar-refractivity contribution >= 4 is 77.7 Å². The molecular formula is C38H42Cl3N9O8S. The number of nitrogen functional groups attached to an aromatic ring is 1. The predicted molar refractivity (Wildman–Crippen MR) is 223 cm³/mol. The molecule has 4 aromatic rings. The first-order valence-corrected chi connectivity index (χ1v) is 18.7. The van der Waals surface area contributed by atoms with Crippen LogP contribution in [0, 0.1) is 22.7 Å². The third-order valence-corrected chi connectivity index (χ3v) is 9.20. The Hall–Kier alpha value is -5.60. The van der Waals surface area contributed by atoms with Gasteiger partial charge in [-0.3, -0.25) is 9.59 Å². The number of esters is 2. The largest absolute Gasteiger partial charge is 0.490 e. The summed E-state index contributed by atoms with van der Waals surface area (Å²) in [5.41, 5.74) is 19.5. The molecule has 0 saturated carbocycles. The Morgan fingerprint density at radius 2 is 1.39 bits per heavy atom. The van der Waals surface area contributed by atoms with E-state index in [-0.39, 0.29) is 70.5 Å². The molecule has 0 spiro atoms. The molecule has 5 atom stereocenters. The van der Waals surface area contributed by atoms with Gasteiger partial charge in [0.1, 0.15) is 65.9 Å². The Balaban J connectivity index is 0.00000600. The third kappa shape index (κ3) is 13.7. The number of nitrogens with two attached hydrogens (primary N) is 3. The van der Waals surface area contributed by atoms with E-state index in [0.717, 1.165) is 5.56 Å². The highest BCUT2D eigenvalue weighted by Gasteiger charge is 2.27. The molecule has 0 bridgehead atoms. The van der Waals surface area contributed by atoms with Crippen LogP contribution in [0.1, 0.15) is 44.5 Å². The monoisotopic (exact) mass is 889 g/mol. The normalized spacial score (nSPS) is 13.0. The second-order valence-electron chi connectivity index (χ2n) is 12.7. The van der Waals surface area contributed by atoms with E-state index in [1.54, 1.807) is 48.5 Å². The number of oxazole rings is 1. The molecule has 8 N–H and O–H groups in total. The molecular weight excluding hydrogens is 849 g/mol. The number of benzene rings is 2. The van der Waals surface area contributed by atoms with Gasteiger partial charge in [0.25, 0.3) is 0 Å². The quantitative estimate of drug-likeness (QED) is 0.0738. The molecule has 0 aliphatic carbocycles. The zero-order chi connectivity index (χ0) is 41.8. The first-order chi connectivity index (χ1) is 27.1. The summed E-state index contributed by atoms with van der Waals surface area (Å²) < 4.78 is 22.3. The number of amides is 2. The molecule has 59 heavy (non-hydrogen) atoms. The van der Waals surface area contributed by atoms with Crippen LogP contribution in [0.25, 0.3) is 22.6 Å². The number of hydrogen-bond donors (Lipinski definition) is 5. The van der Waals surface area contributed by atoms with Gasteiger partial charge < -0.3 is 46.5 Å². The summed E-state index contributed by atoms with van der Waals surface area (Å²) in [5.74, 6) is -1.98. The number of carbonyl (C=O) groups is 4. The maximum absolute atomic E-state index is 12.9. The Labute approximate surface area is 361 Å². The van der Waals surface area contributed by atoms with Crippen molar-refractivity contribution < 1.29 is 37.8 Å². The number of anilines is 1. The smallest absolute Gasteiger partial charge is 0.328 e. The molecule has 0 saturated heterocycles. The molecule has 0 aliphatic heterocycles. The number of carbonyl (C=O) groups excluding carboxylic acids is 4. The maximum Gasteiger partial charge on any atom is 0.328 e. The lowest BCUT2D eigenvalue weighted by Crippen LogP contribution is -2.48. The van der Waals surface area contributed by atoms with E-state index in [0.29, 0.717) is 22.2 Å². The minimum absolute atomic E-state index is 0. The maximum atomic E-state index is 12.9. The van der Waals surface area contributed by atoms with Crippen molar-refractivity contribution in [2.75, 3.05) is 18.9 Å². The SMILES string of the molecule is C[C@@H](N)C(=O)N[C@H](C)C(=O)OC[C@H](COc1ccc(-c2c(C#N)c(N)nc(SCc3coc(-c4ccc(Cl)cc4)n3)c2C#N)cc1)OC(=O)[C@@H](C)NC(=O)[C@@H](C)N.Cl.Cl. The summed E-state index contributed by atoms with van der Waals surface area (Å²) in [6.45, 7) is 4.90. The number of nitriles is 2. The Morgan fingerprint density at radius 1 is 0.831 bits per heavy atom. The minimum Gasteiger partial charge on any atom is -0.490 e. The van der Waals surface area contributed by atoms with E-state index in [2.05, 4.69) is 26.7 Å². The fourth-order valence-corrected chi connectivity index (χ4v) is 5.83. The summed E-state index contributed by atoms with van der Waals surface area (Å²) in [6.07, 6.45) is 0.323. The van der Waals surface area contributed by atoms with Crippen LogP contribution in [0.5, 0.6) is 5.75 Å². The molecule has 2 aromatic heterocycles. The van der Waals surface area contributed by atoms with Crippen LogP contribution in [-0.2, 0) is 34.4 Å². The first-order valence-electron chi connectivity index (χ1n) is 17.3. The van der Waals surface area contributed by atoms with Crippen molar-refractivity contribution in [2.45, 2.75) is 68.7 Å². The lowest BCUT2D eigenvalue weighted by molar-refractivity contribution is -0.163.